The van der Waals surface area contributed by atoms with Gasteiger partial charge >= 0.3 is 6.16 Å². The first-order valence-corrected chi connectivity index (χ1v) is 4.78. The molecule has 0 radical (unpaired) electrons. The number of ether oxygens (including phenoxy) is 2. The maximum Gasteiger partial charge on any atom is 0.514 e. The van der Waals surface area contributed by atoms with Gasteiger partial charge < -0.3 is 9.47 Å². The highest BCUT2D eigenvalue weighted by atomic mass is 35.5. The molecule has 0 bridgehead atoms. The summed E-state index contributed by atoms with van der Waals surface area (Å²) in [4.78, 5) is 15.0. The standard InChI is InChI=1S/C9H9NO3S.ClH/c1-5-8-7(3-12-9(11)13-8)6(4-14)2-10-5;/h2,14H,3-4H2,1H3;1H. The number of aromatic nitrogens is 1. The average molecular weight is 248 g/mol. The fourth-order valence-electron chi connectivity index (χ4n) is 1.35. The molecule has 1 aliphatic rings. The molecule has 1 aromatic heterocycles. The monoisotopic (exact) mass is 247 g/mol. The second kappa shape index (κ2) is 4.72. The number of nitrogens with zero attached hydrogens (tertiary/aromatic N) is 1. The van der Waals surface area contributed by atoms with Crippen molar-refractivity contribution >= 4 is 31.2 Å². The van der Waals surface area contributed by atoms with Crippen molar-refractivity contribution in [3.8, 4) is 5.75 Å². The Balaban J connectivity index is 0.00000112. The Morgan fingerprint density at radius 1 is 1.60 bits per heavy atom. The van der Waals surface area contributed by atoms with Gasteiger partial charge in [0.05, 0.1) is 5.69 Å². The maximum atomic E-state index is 10.9. The molecule has 0 saturated heterocycles. The van der Waals surface area contributed by atoms with Crippen LogP contribution in [0, 0.1) is 6.92 Å². The Bertz CT molecular complexity index is 397. The Labute approximate surface area is 98.8 Å². The Kier molecular flexibility index (Phi) is 3.82. The lowest BCUT2D eigenvalue weighted by molar-refractivity contribution is 0.0775. The van der Waals surface area contributed by atoms with Crippen LogP contribution < -0.4 is 4.74 Å². The Hall–Kier alpha value is -0.940. The number of pyridine rings is 1. The minimum absolute atomic E-state index is 0. The third-order valence-electron chi connectivity index (χ3n) is 2.09. The van der Waals surface area contributed by atoms with Crippen LogP contribution in [-0.2, 0) is 17.1 Å². The summed E-state index contributed by atoms with van der Waals surface area (Å²) in [7, 11) is 0. The molecule has 0 aliphatic carbocycles. The summed E-state index contributed by atoms with van der Waals surface area (Å²) in [5, 5.41) is 0. The molecule has 0 unspecified atom stereocenters. The predicted molar refractivity (Wildman–Crippen MR) is 59.7 cm³/mol. The van der Waals surface area contributed by atoms with E-state index in [-0.39, 0.29) is 19.0 Å². The van der Waals surface area contributed by atoms with Crippen molar-refractivity contribution in [1.29, 1.82) is 0 Å². The minimum Gasteiger partial charge on any atom is -0.429 e. The number of halogens is 1. The first-order valence-electron chi connectivity index (χ1n) is 4.15. The smallest absolute Gasteiger partial charge is 0.429 e. The largest absolute Gasteiger partial charge is 0.514 e. The van der Waals surface area contributed by atoms with E-state index < -0.39 is 6.16 Å². The summed E-state index contributed by atoms with van der Waals surface area (Å²) in [6.07, 6.45) is 1.06. The van der Waals surface area contributed by atoms with Gasteiger partial charge in [0.2, 0.25) is 0 Å². The lowest BCUT2D eigenvalue weighted by Crippen LogP contribution is -2.19. The van der Waals surface area contributed by atoms with E-state index in [9.17, 15) is 4.79 Å². The van der Waals surface area contributed by atoms with Crippen LogP contribution in [0.4, 0.5) is 4.79 Å². The number of cyclic esters (lactones) is 1. The van der Waals surface area contributed by atoms with Gasteiger partial charge in [0.15, 0.2) is 5.75 Å². The van der Waals surface area contributed by atoms with Gasteiger partial charge in [-0.3, -0.25) is 4.98 Å². The molecule has 1 aromatic rings. The van der Waals surface area contributed by atoms with Gasteiger partial charge in [-0.15, -0.1) is 12.4 Å². The van der Waals surface area contributed by atoms with Crippen molar-refractivity contribution in [2.45, 2.75) is 19.3 Å². The van der Waals surface area contributed by atoms with Gasteiger partial charge in [-0.05, 0) is 12.5 Å². The lowest BCUT2D eigenvalue weighted by atomic mass is 10.1. The van der Waals surface area contributed by atoms with Crippen molar-refractivity contribution in [1.82, 2.24) is 4.98 Å². The van der Waals surface area contributed by atoms with Crippen molar-refractivity contribution in [3.05, 3.63) is 23.0 Å². The van der Waals surface area contributed by atoms with Crippen molar-refractivity contribution in [3.63, 3.8) is 0 Å². The van der Waals surface area contributed by atoms with E-state index in [1.165, 1.54) is 0 Å². The molecule has 0 N–H and O–H groups in total. The minimum atomic E-state index is -0.668. The summed E-state index contributed by atoms with van der Waals surface area (Å²) < 4.78 is 9.73. The van der Waals surface area contributed by atoms with Crippen molar-refractivity contribution in [2.75, 3.05) is 0 Å². The zero-order valence-corrected chi connectivity index (χ0v) is 9.73. The van der Waals surface area contributed by atoms with Crippen LogP contribution in [0.2, 0.25) is 0 Å². The highest BCUT2D eigenvalue weighted by Crippen LogP contribution is 2.30. The van der Waals surface area contributed by atoms with Crippen LogP contribution in [0.25, 0.3) is 0 Å². The van der Waals surface area contributed by atoms with E-state index in [4.69, 9.17) is 9.47 Å². The fourth-order valence-corrected chi connectivity index (χ4v) is 1.62. The number of hydrogen-bond acceptors (Lipinski definition) is 5. The predicted octanol–water partition coefficient (Wildman–Crippen LogP) is 2.27. The highest BCUT2D eigenvalue weighted by molar-refractivity contribution is 7.79. The number of fused-ring (bicyclic) bond motifs is 1. The van der Waals surface area contributed by atoms with E-state index in [2.05, 4.69) is 17.6 Å². The number of hydrogen-bond donors (Lipinski definition) is 1. The van der Waals surface area contributed by atoms with E-state index in [1.807, 2.05) is 0 Å². The van der Waals surface area contributed by atoms with Crippen LogP contribution in [0.15, 0.2) is 6.20 Å². The van der Waals surface area contributed by atoms with Crippen molar-refractivity contribution in [2.24, 2.45) is 0 Å². The molecule has 2 rings (SSSR count). The zero-order chi connectivity index (χ0) is 10.1. The van der Waals surface area contributed by atoms with E-state index in [0.717, 1.165) is 11.1 Å². The summed E-state index contributed by atoms with van der Waals surface area (Å²) >= 11 is 4.16. The summed E-state index contributed by atoms with van der Waals surface area (Å²) in [6, 6.07) is 0. The third-order valence-corrected chi connectivity index (χ3v) is 2.44. The quantitative estimate of drug-likeness (QED) is 0.611. The van der Waals surface area contributed by atoms with Crippen LogP contribution >= 0.6 is 25.0 Å². The summed E-state index contributed by atoms with van der Waals surface area (Å²) in [6.45, 7) is 2.03. The lowest BCUT2D eigenvalue weighted by Gasteiger charge is -2.19. The van der Waals surface area contributed by atoms with Crippen LogP contribution in [-0.4, -0.2) is 11.1 Å². The molecule has 82 valence electrons. The summed E-state index contributed by atoms with van der Waals surface area (Å²) in [5.41, 5.74) is 2.50. The van der Waals surface area contributed by atoms with Gasteiger partial charge in [0, 0.05) is 17.5 Å². The maximum absolute atomic E-state index is 10.9. The molecular formula is C9H10ClNO3S. The molecule has 15 heavy (non-hydrogen) atoms. The molecule has 6 heteroatoms. The molecule has 4 nitrogen and oxygen atoms in total. The average Bonchev–Trinajstić information content (AvgIpc) is 2.19. The van der Waals surface area contributed by atoms with Gasteiger partial charge in [-0.1, -0.05) is 0 Å². The highest BCUT2D eigenvalue weighted by Gasteiger charge is 2.23. The molecule has 0 spiro atoms. The molecule has 2 heterocycles. The van der Waals surface area contributed by atoms with Gasteiger partial charge in [0.1, 0.15) is 6.61 Å². The second-order valence-electron chi connectivity index (χ2n) is 2.98. The molecule has 0 saturated carbocycles. The second-order valence-corrected chi connectivity index (χ2v) is 3.29. The van der Waals surface area contributed by atoms with E-state index in [0.29, 0.717) is 17.2 Å². The molecule has 0 fully saturated rings. The first-order chi connectivity index (χ1) is 6.72. The third kappa shape index (κ3) is 2.18. The SMILES string of the molecule is Cc1ncc(CS)c2c1OC(=O)OC2.Cl. The molecule has 0 amide bonds. The van der Waals surface area contributed by atoms with Gasteiger partial charge in [0.25, 0.3) is 0 Å². The van der Waals surface area contributed by atoms with Crippen LogP contribution in [0.5, 0.6) is 5.75 Å². The van der Waals surface area contributed by atoms with E-state index in [1.54, 1.807) is 13.1 Å². The normalized spacial score (nSPS) is 13.3. The number of aryl methyl sites for hydroxylation is 1. The Morgan fingerprint density at radius 2 is 2.33 bits per heavy atom. The number of carbonyl (C=O) groups is 1. The molecule has 0 aromatic carbocycles. The molecule has 0 atom stereocenters. The van der Waals surface area contributed by atoms with E-state index >= 15 is 0 Å². The van der Waals surface area contributed by atoms with Gasteiger partial charge in [-0.2, -0.15) is 12.6 Å². The van der Waals surface area contributed by atoms with Crippen LogP contribution in [0.1, 0.15) is 16.8 Å². The topological polar surface area (TPSA) is 48.4 Å². The molecule has 1 aliphatic heterocycles. The number of rotatable bonds is 1. The number of thiol groups is 1. The summed E-state index contributed by atoms with van der Waals surface area (Å²) in [5.74, 6) is 1.07. The first kappa shape index (κ1) is 12.1. The zero-order valence-electron chi connectivity index (χ0n) is 8.02. The number of carbonyl (C=O) groups excluding carboxylic acids is 1. The van der Waals surface area contributed by atoms with Gasteiger partial charge in [-0.25, -0.2) is 4.79 Å². The van der Waals surface area contributed by atoms with Crippen molar-refractivity contribution < 1.29 is 14.3 Å². The molecular weight excluding hydrogens is 238 g/mol. The van der Waals surface area contributed by atoms with Crippen LogP contribution in [0.3, 0.4) is 0 Å². The Morgan fingerprint density at radius 3 is 3.00 bits per heavy atom. The fraction of sp³-hybridized carbons (Fsp3) is 0.333.